The monoisotopic (exact) mass is 312 g/mol. The van der Waals surface area contributed by atoms with E-state index in [1.807, 2.05) is 19.1 Å². The van der Waals surface area contributed by atoms with E-state index >= 15 is 0 Å². The first-order valence-electron chi connectivity index (χ1n) is 6.60. The molecule has 1 aliphatic rings. The lowest BCUT2D eigenvalue weighted by Crippen LogP contribution is -2.32. The van der Waals surface area contributed by atoms with Gasteiger partial charge in [-0.1, -0.05) is 28.1 Å². The Balaban J connectivity index is 1.91. The molecule has 0 spiro atoms. The molecule has 0 bridgehead atoms. The third kappa shape index (κ3) is 4.38. The van der Waals surface area contributed by atoms with Crippen LogP contribution in [0.4, 0.5) is 0 Å². The SMILES string of the molecule is CC(O)(Cc1ccc(Br)cc1)CC1CCOCC1. The van der Waals surface area contributed by atoms with Gasteiger partial charge in [-0.2, -0.15) is 0 Å². The molecule has 100 valence electrons. The molecular weight excluding hydrogens is 292 g/mol. The molecule has 0 saturated carbocycles. The van der Waals surface area contributed by atoms with E-state index in [4.69, 9.17) is 4.74 Å². The van der Waals surface area contributed by atoms with Crippen LogP contribution in [0.1, 0.15) is 31.7 Å². The zero-order valence-electron chi connectivity index (χ0n) is 10.9. The van der Waals surface area contributed by atoms with E-state index in [0.29, 0.717) is 5.92 Å². The lowest BCUT2D eigenvalue weighted by molar-refractivity contribution is 0.000363. The predicted octanol–water partition coefficient (Wildman–Crippen LogP) is 3.56. The molecule has 0 aliphatic carbocycles. The Morgan fingerprint density at radius 1 is 1.28 bits per heavy atom. The lowest BCUT2D eigenvalue weighted by Gasteiger charge is -2.31. The van der Waals surface area contributed by atoms with Gasteiger partial charge in [0.15, 0.2) is 0 Å². The van der Waals surface area contributed by atoms with Crippen LogP contribution in [-0.2, 0) is 11.2 Å². The van der Waals surface area contributed by atoms with Gasteiger partial charge < -0.3 is 9.84 Å². The van der Waals surface area contributed by atoms with E-state index in [1.165, 1.54) is 5.56 Å². The quantitative estimate of drug-likeness (QED) is 0.921. The van der Waals surface area contributed by atoms with Crippen molar-refractivity contribution in [2.75, 3.05) is 13.2 Å². The number of hydrogen-bond acceptors (Lipinski definition) is 2. The van der Waals surface area contributed by atoms with Crippen LogP contribution in [0.2, 0.25) is 0 Å². The van der Waals surface area contributed by atoms with Gasteiger partial charge in [0.25, 0.3) is 0 Å². The van der Waals surface area contributed by atoms with Crippen molar-refractivity contribution in [3.63, 3.8) is 0 Å². The Kier molecular flexibility index (Phi) is 4.82. The molecule has 1 aromatic rings. The van der Waals surface area contributed by atoms with Crippen LogP contribution in [0, 0.1) is 5.92 Å². The molecular formula is C15H21BrO2. The summed E-state index contributed by atoms with van der Waals surface area (Å²) in [6.45, 7) is 3.64. The van der Waals surface area contributed by atoms with Gasteiger partial charge in [0.1, 0.15) is 0 Å². The third-order valence-corrected chi connectivity index (χ3v) is 4.10. The van der Waals surface area contributed by atoms with Gasteiger partial charge in [-0.3, -0.25) is 0 Å². The van der Waals surface area contributed by atoms with Crippen LogP contribution >= 0.6 is 15.9 Å². The summed E-state index contributed by atoms with van der Waals surface area (Å²) in [5.74, 6) is 0.601. The van der Waals surface area contributed by atoms with Gasteiger partial charge in [-0.05, 0) is 49.8 Å². The fourth-order valence-electron chi connectivity index (χ4n) is 2.69. The average Bonchev–Trinajstić information content (AvgIpc) is 2.32. The zero-order chi connectivity index (χ0) is 13.0. The molecule has 1 unspecified atom stereocenters. The van der Waals surface area contributed by atoms with Crippen LogP contribution in [-0.4, -0.2) is 23.9 Å². The molecule has 1 saturated heterocycles. The number of hydrogen-bond donors (Lipinski definition) is 1. The van der Waals surface area contributed by atoms with Gasteiger partial charge in [0.2, 0.25) is 0 Å². The van der Waals surface area contributed by atoms with E-state index in [9.17, 15) is 5.11 Å². The zero-order valence-corrected chi connectivity index (χ0v) is 12.4. The molecule has 18 heavy (non-hydrogen) atoms. The number of ether oxygens (including phenoxy) is 1. The molecule has 1 aromatic carbocycles. The standard InChI is InChI=1S/C15H21BrO2/c1-15(17,11-13-6-8-18-9-7-13)10-12-2-4-14(16)5-3-12/h2-5,13,17H,6-11H2,1H3. The van der Waals surface area contributed by atoms with E-state index in [-0.39, 0.29) is 0 Å². The molecule has 0 aromatic heterocycles. The summed E-state index contributed by atoms with van der Waals surface area (Å²) in [6, 6.07) is 8.20. The van der Waals surface area contributed by atoms with Crippen molar-refractivity contribution in [1.29, 1.82) is 0 Å². The number of halogens is 1. The van der Waals surface area contributed by atoms with Crippen molar-refractivity contribution in [3.05, 3.63) is 34.3 Å². The average molecular weight is 313 g/mol. The van der Waals surface area contributed by atoms with Crippen LogP contribution < -0.4 is 0 Å². The van der Waals surface area contributed by atoms with Gasteiger partial charge in [-0.15, -0.1) is 0 Å². The maximum atomic E-state index is 10.5. The van der Waals surface area contributed by atoms with Gasteiger partial charge in [0.05, 0.1) is 5.60 Å². The molecule has 0 amide bonds. The summed E-state index contributed by atoms with van der Waals surface area (Å²) in [5.41, 5.74) is 0.575. The van der Waals surface area contributed by atoms with Crippen molar-refractivity contribution in [3.8, 4) is 0 Å². The second-order valence-electron chi connectivity index (χ2n) is 5.56. The highest BCUT2D eigenvalue weighted by molar-refractivity contribution is 9.10. The van der Waals surface area contributed by atoms with Crippen molar-refractivity contribution >= 4 is 15.9 Å². The normalized spacial score (nSPS) is 20.6. The summed E-state index contributed by atoms with van der Waals surface area (Å²) in [6.07, 6.45) is 3.75. The maximum Gasteiger partial charge on any atom is 0.0662 e. The molecule has 1 N–H and O–H groups in total. The largest absolute Gasteiger partial charge is 0.390 e. The van der Waals surface area contributed by atoms with Crippen LogP contribution in [0.5, 0.6) is 0 Å². The summed E-state index contributed by atoms with van der Waals surface area (Å²) in [7, 11) is 0. The summed E-state index contributed by atoms with van der Waals surface area (Å²) in [4.78, 5) is 0. The Morgan fingerprint density at radius 3 is 2.50 bits per heavy atom. The smallest absolute Gasteiger partial charge is 0.0662 e. The minimum atomic E-state index is -0.615. The van der Waals surface area contributed by atoms with Crippen LogP contribution in [0.15, 0.2) is 28.7 Å². The second-order valence-corrected chi connectivity index (χ2v) is 6.48. The maximum absolute atomic E-state index is 10.5. The van der Waals surface area contributed by atoms with E-state index < -0.39 is 5.60 Å². The molecule has 1 aliphatic heterocycles. The van der Waals surface area contributed by atoms with Gasteiger partial charge >= 0.3 is 0 Å². The highest BCUT2D eigenvalue weighted by Crippen LogP contribution is 2.28. The van der Waals surface area contributed by atoms with E-state index in [1.54, 1.807) is 0 Å². The highest BCUT2D eigenvalue weighted by Gasteiger charge is 2.27. The second kappa shape index (κ2) is 6.18. The first kappa shape index (κ1) is 14.0. The molecule has 2 nitrogen and oxygen atoms in total. The Bertz CT molecular complexity index is 367. The topological polar surface area (TPSA) is 29.5 Å². The molecule has 2 rings (SSSR count). The van der Waals surface area contributed by atoms with E-state index in [0.717, 1.165) is 43.4 Å². The Hall–Kier alpha value is -0.380. The summed E-state index contributed by atoms with van der Waals surface area (Å²) < 4.78 is 6.44. The van der Waals surface area contributed by atoms with Crippen molar-refractivity contribution in [2.45, 2.75) is 38.2 Å². The number of aliphatic hydroxyl groups is 1. The summed E-state index contributed by atoms with van der Waals surface area (Å²) in [5, 5.41) is 10.5. The minimum absolute atomic E-state index is 0.601. The third-order valence-electron chi connectivity index (χ3n) is 3.57. The molecule has 1 fully saturated rings. The minimum Gasteiger partial charge on any atom is -0.390 e. The fraction of sp³-hybridized carbons (Fsp3) is 0.600. The first-order valence-corrected chi connectivity index (χ1v) is 7.39. The number of benzene rings is 1. The van der Waals surface area contributed by atoms with Crippen molar-refractivity contribution < 1.29 is 9.84 Å². The van der Waals surface area contributed by atoms with Gasteiger partial charge in [-0.25, -0.2) is 0 Å². The van der Waals surface area contributed by atoms with Gasteiger partial charge in [0, 0.05) is 24.1 Å². The van der Waals surface area contributed by atoms with Crippen LogP contribution in [0.25, 0.3) is 0 Å². The van der Waals surface area contributed by atoms with Crippen molar-refractivity contribution in [1.82, 2.24) is 0 Å². The highest BCUT2D eigenvalue weighted by atomic mass is 79.9. The van der Waals surface area contributed by atoms with E-state index in [2.05, 4.69) is 28.1 Å². The summed E-state index contributed by atoms with van der Waals surface area (Å²) >= 11 is 3.43. The molecule has 1 heterocycles. The fourth-order valence-corrected chi connectivity index (χ4v) is 2.95. The van der Waals surface area contributed by atoms with Crippen LogP contribution in [0.3, 0.4) is 0 Å². The Labute approximate surface area is 117 Å². The molecule has 3 heteroatoms. The molecule has 1 atom stereocenters. The first-order chi connectivity index (χ1) is 8.55. The lowest BCUT2D eigenvalue weighted by atomic mass is 9.83. The Morgan fingerprint density at radius 2 is 1.89 bits per heavy atom. The predicted molar refractivity (Wildman–Crippen MR) is 76.6 cm³/mol. The molecule has 0 radical (unpaired) electrons. The van der Waals surface area contributed by atoms with Crippen molar-refractivity contribution in [2.24, 2.45) is 5.92 Å². The number of rotatable bonds is 4.